The number of carbonyl (C=O) groups excluding carboxylic acids is 1. The SMILES string of the molecule is CCc1ccc(Nc2cncc(Oc3cccc(NS(=O)(=O)C(C)C)c3)c2C(N)=O)c(F)c1. The lowest BCUT2D eigenvalue weighted by atomic mass is 10.1. The van der Waals surface area contributed by atoms with Crippen LogP contribution in [0, 0.1) is 5.82 Å². The van der Waals surface area contributed by atoms with Gasteiger partial charge in [0, 0.05) is 6.07 Å². The Bertz CT molecular complexity index is 1280. The summed E-state index contributed by atoms with van der Waals surface area (Å²) in [7, 11) is -3.55. The van der Waals surface area contributed by atoms with Crippen LogP contribution in [-0.4, -0.2) is 24.6 Å². The molecule has 0 saturated heterocycles. The number of aryl methyl sites for hydroxylation is 1. The number of anilines is 3. The van der Waals surface area contributed by atoms with Crippen molar-refractivity contribution in [2.24, 2.45) is 5.73 Å². The standard InChI is InChI=1S/C23H25FN4O4S/c1-4-15-8-9-19(18(24)10-15)27-20-12-26-13-21(22(20)23(25)29)32-17-7-5-6-16(11-17)28-33(30,31)14(2)3/h5-14,27-28H,4H2,1-3H3,(H2,25,29). The second-order valence-electron chi connectivity index (χ2n) is 7.54. The zero-order valence-electron chi connectivity index (χ0n) is 18.4. The van der Waals surface area contributed by atoms with Crippen molar-refractivity contribution in [2.75, 3.05) is 10.0 Å². The van der Waals surface area contributed by atoms with Gasteiger partial charge in [-0.3, -0.25) is 14.5 Å². The van der Waals surface area contributed by atoms with Gasteiger partial charge in [0.25, 0.3) is 5.91 Å². The van der Waals surface area contributed by atoms with Crippen LogP contribution < -0.4 is 20.5 Å². The normalized spacial score (nSPS) is 11.3. The molecule has 4 N–H and O–H groups in total. The van der Waals surface area contributed by atoms with E-state index in [1.54, 1.807) is 44.2 Å². The zero-order valence-corrected chi connectivity index (χ0v) is 19.2. The lowest BCUT2D eigenvalue weighted by molar-refractivity contribution is 0.0999. The van der Waals surface area contributed by atoms with Crippen molar-refractivity contribution in [1.82, 2.24) is 4.98 Å². The highest BCUT2D eigenvalue weighted by molar-refractivity contribution is 7.93. The molecule has 10 heteroatoms. The van der Waals surface area contributed by atoms with Crippen molar-refractivity contribution in [3.05, 3.63) is 71.8 Å². The topological polar surface area (TPSA) is 123 Å². The van der Waals surface area contributed by atoms with Gasteiger partial charge in [0.05, 0.1) is 34.7 Å². The number of nitrogens with zero attached hydrogens (tertiary/aromatic N) is 1. The number of sulfonamides is 1. The monoisotopic (exact) mass is 472 g/mol. The van der Waals surface area contributed by atoms with E-state index in [0.717, 1.165) is 5.56 Å². The van der Waals surface area contributed by atoms with Crippen LogP contribution in [0.3, 0.4) is 0 Å². The third kappa shape index (κ3) is 5.78. The first kappa shape index (κ1) is 24.0. The predicted octanol–water partition coefficient (Wildman–Crippen LogP) is 4.57. The van der Waals surface area contributed by atoms with Gasteiger partial charge in [-0.25, -0.2) is 12.8 Å². The van der Waals surface area contributed by atoms with Gasteiger partial charge in [-0.2, -0.15) is 0 Å². The summed E-state index contributed by atoms with van der Waals surface area (Å²) in [6, 6.07) is 11.0. The van der Waals surface area contributed by atoms with Gasteiger partial charge in [0.1, 0.15) is 17.1 Å². The van der Waals surface area contributed by atoms with E-state index in [-0.39, 0.29) is 28.4 Å². The minimum absolute atomic E-state index is 0.0296. The van der Waals surface area contributed by atoms with Crippen molar-refractivity contribution in [1.29, 1.82) is 0 Å². The zero-order chi connectivity index (χ0) is 24.2. The molecule has 0 aliphatic carbocycles. The van der Waals surface area contributed by atoms with Crippen molar-refractivity contribution in [3.63, 3.8) is 0 Å². The van der Waals surface area contributed by atoms with Gasteiger partial charge in [-0.1, -0.05) is 19.1 Å². The quantitative estimate of drug-likeness (QED) is 0.419. The van der Waals surface area contributed by atoms with Gasteiger partial charge in [0.15, 0.2) is 5.75 Å². The molecule has 0 radical (unpaired) electrons. The smallest absolute Gasteiger partial charge is 0.254 e. The molecule has 174 valence electrons. The Morgan fingerprint density at radius 2 is 1.91 bits per heavy atom. The minimum atomic E-state index is -3.55. The van der Waals surface area contributed by atoms with E-state index in [0.29, 0.717) is 12.1 Å². The molecule has 2 aromatic carbocycles. The molecule has 0 unspecified atom stereocenters. The second-order valence-corrected chi connectivity index (χ2v) is 9.78. The second kappa shape index (κ2) is 9.86. The summed E-state index contributed by atoms with van der Waals surface area (Å²) in [5, 5.41) is 2.22. The van der Waals surface area contributed by atoms with Crippen LogP contribution in [0.5, 0.6) is 11.5 Å². The van der Waals surface area contributed by atoms with E-state index in [2.05, 4.69) is 15.0 Å². The van der Waals surface area contributed by atoms with Crippen LogP contribution >= 0.6 is 0 Å². The Morgan fingerprint density at radius 3 is 2.55 bits per heavy atom. The molecule has 1 amide bonds. The summed E-state index contributed by atoms with van der Waals surface area (Å²) in [6.45, 7) is 5.04. The van der Waals surface area contributed by atoms with Crippen LogP contribution in [-0.2, 0) is 16.4 Å². The highest BCUT2D eigenvalue weighted by Gasteiger charge is 2.19. The summed E-state index contributed by atoms with van der Waals surface area (Å²) in [6.07, 6.45) is 3.32. The number of pyridine rings is 1. The third-order valence-electron chi connectivity index (χ3n) is 4.81. The Morgan fingerprint density at radius 1 is 1.15 bits per heavy atom. The van der Waals surface area contributed by atoms with E-state index < -0.39 is 27.0 Å². The number of nitrogens with two attached hydrogens (primary N) is 1. The molecule has 3 aromatic rings. The molecule has 0 aliphatic rings. The molecule has 8 nitrogen and oxygen atoms in total. The molecule has 0 spiro atoms. The highest BCUT2D eigenvalue weighted by atomic mass is 32.2. The first-order chi connectivity index (χ1) is 15.6. The van der Waals surface area contributed by atoms with Gasteiger partial charge >= 0.3 is 0 Å². The number of amides is 1. The van der Waals surface area contributed by atoms with Crippen LogP contribution in [0.4, 0.5) is 21.5 Å². The molecule has 3 rings (SSSR count). The number of benzene rings is 2. The highest BCUT2D eigenvalue weighted by Crippen LogP contribution is 2.33. The summed E-state index contributed by atoms with van der Waals surface area (Å²) in [5.41, 5.74) is 6.99. The lowest BCUT2D eigenvalue weighted by Crippen LogP contribution is -2.22. The lowest BCUT2D eigenvalue weighted by Gasteiger charge is -2.16. The van der Waals surface area contributed by atoms with Crippen molar-refractivity contribution in [2.45, 2.75) is 32.4 Å². The first-order valence-electron chi connectivity index (χ1n) is 10.2. The third-order valence-corrected chi connectivity index (χ3v) is 6.57. The molecular weight excluding hydrogens is 447 g/mol. The summed E-state index contributed by atoms with van der Waals surface area (Å²) < 4.78 is 47.0. The maximum Gasteiger partial charge on any atom is 0.254 e. The summed E-state index contributed by atoms with van der Waals surface area (Å²) >= 11 is 0. The molecule has 1 heterocycles. The van der Waals surface area contributed by atoms with Crippen LogP contribution in [0.1, 0.15) is 36.7 Å². The molecule has 0 fully saturated rings. The molecule has 1 aromatic heterocycles. The number of nitrogens with one attached hydrogen (secondary N) is 2. The molecular formula is C23H25FN4O4S. The number of ether oxygens (including phenoxy) is 1. The molecule has 0 aliphatic heterocycles. The first-order valence-corrected chi connectivity index (χ1v) is 11.8. The fourth-order valence-corrected chi connectivity index (χ4v) is 3.62. The molecule has 0 atom stereocenters. The van der Waals surface area contributed by atoms with Gasteiger partial charge in [-0.15, -0.1) is 0 Å². The molecule has 33 heavy (non-hydrogen) atoms. The maximum atomic E-state index is 14.5. The van der Waals surface area contributed by atoms with E-state index in [1.165, 1.54) is 24.5 Å². The Hall–Kier alpha value is -3.66. The number of rotatable bonds is 9. The average molecular weight is 473 g/mol. The Kier molecular flexibility index (Phi) is 7.17. The number of primary amides is 1. The number of hydrogen-bond acceptors (Lipinski definition) is 6. The van der Waals surface area contributed by atoms with Crippen molar-refractivity contribution >= 4 is 33.0 Å². The fourth-order valence-electron chi connectivity index (χ4n) is 2.92. The largest absolute Gasteiger partial charge is 0.455 e. The van der Waals surface area contributed by atoms with Crippen molar-refractivity contribution in [3.8, 4) is 11.5 Å². The van der Waals surface area contributed by atoms with Gasteiger partial charge in [-0.05, 0) is 50.1 Å². The number of carbonyl (C=O) groups is 1. The number of aromatic nitrogens is 1. The Balaban J connectivity index is 1.92. The molecule has 0 bridgehead atoms. The number of hydrogen-bond donors (Lipinski definition) is 3. The number of halogens is 1. The average Bonchev–Trinajstić information content (AvgIpc) is 2.75. The van der Waals surface area contributed by atoms with Crippen LogP contribution in [0.15, 0.2) is 54.9 Å². The van der Waals surface area contributed by atoms with Crippen LogP contribution in [0.25, 0.3) is 0 Å². The van der Waals surface area contributed by atoms with Gasteiger partial charge < -0.3 is 15.8 Å². The fraction of sp³-hybridized carbons (Fsp3) is 0.217. The van der Waals surface area contributed by atoms with Crippen molar-refractivity contribution < 1.29 is 22.3 Å². The minimum Gasteiger partial charge on any atom is -0.455 e. The Labute approximate surface area is 192 Å². The van der Waals surface area contributed by atoms with Crippen LogP contribution in [0.2, 0.25) is 0 Å². The van der Waals surface area contributed by atoms with E-state index in [4.69, 9.17) is 10.5 Å². The summed E-state index contributed by atoms with van der Waals surface area (Å²) in [5.74, 6) is -1.01. The van der Waals surface area contributed by atoms with E-state index in [1.807, 2.05) is 6.92 Å². The summed E-state index contributed by atoms with van der Waals surface area (Å²) in [4.78, 5) is 16.3. The van der Waals surface area contributed by atoms with Gasteiger partial charge in [0.2, 0.25) is 10.0 Å². The van der Waals surface area contributed by atoms with E-state index >= 15 is 0 Å². The maximum absolute atomic E-state index is 14.5. The molecule has 0 saturated carbocycles. The van der Waals surface area contributed by atoms with E-state index in [9.17, 15) is 17.6 Å². The predicted molar refractivity (Wildman–Crippen MR) is 126 cm³/mol.